The molecule has 2 heteroatoms. The van der Waals surface area contributed by atoms with Crippen LogP contribution < -0.4 is 0 Å². The molecule has 1 atom stereocenters. The molecule has 0 aliphatic carbocycles. The summed E-state index contributed by atoms with van der Waals surface area (Å²) in [7, 11) is 0. The van der Waals surface area contributed by atoms with Crippen molar-refractivity contribution in [3.63, 3.8) is 0 Å². The molecule has 1 aromatic rings. The normalized spacial score (nSPS) is 12.8. The quantitative estimate of drug-likeness (QED) is 0.712. The van der Waals surface area contributed by atoms with Gasteiger partial charge in [-0.25, -0.2) is 0 Å². The molecule has 0 saturated carbocycles. The second kappa shape index (κ2) is 5.80. The first-order valence-electron chi connectivity index (χ1n) is 5.78. The number of aryl methyl sites for hydroxylation is 1. The van der Waals surface area contributed by atoms with Crippen molar-refractivity contribution in [2.45, 2.75) is 33.8 Å². The Morgan fingerprint density at radius 2 is 1.81 bits per heavy atom. The molecule has 0 aromatic heterocycles. The summed E-state index contributed by atoms with van der Waals surface area (Å²) in [6.45, 7) is 8.51. The van der Waals surface area contributed by atoms with Crippen LogP contribution in [-0.2, 0) is 4.74 Å². The Kier molecular flexibility index (Phi) is 4.69. The SMILES string of the molecule is CCOC(C(=O)c1ccc(C)cc1)C(C)C. The Morgan fingerprint density at radius 1 is 1.25 bits per heavy atom. The number of hydrogen-bond acceptors (Lipinski definition) is 2. The maximum absolute atomic E-state index is 12.2. The minimum absolute atomic E-state index is 0.0804. The number of benzene rings is 1. The largest absolute Gasteiger partial charge is 0.370 e. The molecule has 2 nitrogen and oxygen atoms in total. The summed E-state index contributed by atoms with van der Waals surface area (Å²) < 4.78 is 5.50. The highest BCUT2D eigenvalue weighted by atomic mass is 16.5. The van der Waals surface area contributed by atoms with Crippen LogP contribution in [-0.4, -0.2) is 18.5 Å². The van der Waals surface area contributed by atoms with Crippen molar-refractivity contribution >= 4 is 5.78 Å². The van der Waals surface area contributed by atoms with Gasteiger partial charge in [0.2, 0.25) is 0 Å². The van der Waals surface area contributed by atoms with Gasteiger partial charge in [-0.05, 0) is 19.8 Å². The fourth-order valence-corrected chi connectivity index (χ4v) is 1.63. The van der Waals surface area contributed by atoms with Gasteiger partial charge in [0.1, 0.15) is 6.10 Å². The van der Waals surface area contributed by atoms with E-state index in [0.717, 1.165) is 11.1 Å². The van der Waals surface area contributed by atoms with Crippen molar-refractivity contribution in [1.82, 2.24) is 0 Å². The second-order valence-corrected chi connectivity index (χ2v) is 4.35. The van der Waals surface area contributed by atoms with Crippen LogP contribution in [0.15, 0.2) is 24.3 Å². The lowest BCUT2D eigenvalue weighted by Crippen LogP contribution is -2.29. The molecule has 16 heavy (non-hydrogen) atoms. The second-order valence-electron chi connectivity index (χ2n) is 4.35. The Labute approximate surface area is 97.6 Å². The number of ether oxygens (including phenoxy) is 1. The lowest BCUT2D eigenvalue weighted by atomic mass is 9.97. The highest BCUT2D eigenvalue weighted by Gasteiger charge is 2.23. The van der Waals surface area contributed by atoms with E-state index in [1.165, 1.54) is 0 Å². The molecule has 1 rings (SSSR count). The predicted molar refractivity (Wildman–Crippen MR) is 65.8 cm³/mol. The Balaban J connectivity index is 2.86. The van der Waals surface area contributed by atoms with Gasteiger partial charge in [0.05, 0.1) is 0 Å². The van der Waals surface area contributed by atoms with Crippen molar-refractivity contribution in [2.75, 3.05) is 6.61 Å². The Bertz CT molecular complexity index is 338. The van der Waals surface area contributed by atoms with Gasteiger partial charge < -0.3 is 4.74 Å². The number of rotatable bonds is 5. The number of Topliss-reactive ketones (excluding diaryl/α,β-unsaturated/α-hetero) is 1. The third-order valence-electron chi connectivity index (χ3n) is 2.55. The third kappa shape index (κ3) is 3.17. The van der Waals surface area contributed by atoms with Gasteiger partial charge in [-0.1, -0.05) is 43.7 Å². The standard InChI is InChI=1S/C14H20O2/c1-5-16-14(10(2)3)13(15)12-8-6-11(4)7-9-12/h6-10,14H,5H2,1-4H3. The van der Waals surface area contributed by atoms with E-state index in [9.17, 15) is 4.79 Å². The molecule has 0 aliphatic heterocycles. The summed E-state index contributed by atoms with van der Waals surface area (Å²) in [5.74, 6) is 0.283. The van der Waals surface area contributed by atoms with Crippen LogP contribution in [0.1, 0.15) is 36.7 Å². The average Bonchev–Trinajstić information content (AvgIpc) is 2.25. The van der Waals surface area contributed by atoms with E-state index in [-0.39, 0.29) is 17.8 Å². The number of carbonyl (C=O) groups is 1. The smallest absolute Gasteiger partial charge is 0.191 e. The van der Waals surface area contributed by atoms with Crippen LogP contribution >= 0.6 is 0 Å². The molecule has 0 aliphatic rings. The molecule has 0 bridgehead atoms. The topological polar surface area (TPSA) is 26.3 Å². The van der Waals surface area contributed by atoms with Crippen molar-refractivity contribution in [2.24, 2.45) is 5.92 Å². The molecule has 88 valence electrons. The van der Waals surface area contributed by atoms with Gasteiger partial charge in [-0.15, -0.1) is 0 Å². The highest BCUT2D eigenvalue weighted by molar-refractivity contribution is 5.99. The highest BCUT2D eigenvalue weighted by Crippen LogP contribution is 2.14. The summed E-state index contributed by atoms with van der Waals surface area (Å²) in [4.78, 5) is 12.2. The molecular formula is C14H20O2. The zero-order valence-electron chi connectivity index (χ0n) is 10.5. The molecule has 0 fully saturated rings. The monoisotopic (exact) mass is 220 g/mol. The summed E-state index contributed by atoms with van der Waals surface area (Å²) in [6.07, 6.45) is -0.326. The van der Waals surface area contributed by atoms with Crippen LogP contribution in [0.5, 0.6) is 0 Å². The van der Waals surface area contributed by atoms with Crippen LogP contribution in [0.4, 0.5) is 0 Å². The van der Waals surface area contributed by atoms with Gasteiger partial charge in [0.25, 0.3) is 0 Å². The molecule has 1 aromatic carbocycles. The molecule has 0 spiro atoms. The van der Waals surface area contributed by atoms with Crippen LogP contribution in [0.2, 0.25) is 0 Å². The van der Waals surface area contributed by atoms with Gasteiger partial charge in [0, 0.05) is 12.2 Å². The Hall–Kier alpha value is -1.15. The number of hydrogen-bond donors (Lipinski definition) is 0. The van der Waals surface area contributed by atoms with Gasteiger partial charge in [-0.3, -0.25) is 4.79 Å². The van der Waals surface area contributed by atoms with E-state index in [1.807, 2.05) is 52.0 Å². The average molecular weight is 220 g/mol. The maximum Gasteiger partial charge on any atom is 0.191 e. The summed E-state index contributed by atoms with van der Waals surface area (Å²) in [6, 6.07) is 7.64. The first kappa shape index (κ1) is 12.9. The predicted octanol–water partition coefficient (Wildman–Crippen LogP) is 3.24. The van der Waals surface area contributed by atoms with E-state index >= 15 is 0 Å². The van der Waals surface area contributed by atoms with E-state index < -0.39 is 0 Å². The lowest BCUT2D eigenvalue weighted by molar-refractivity contribution is 0.0280. The molecule has 1 unspecified atom stereocenters. The molecular weight excluding hydrogens is 200 g/mol. The Morgan fingerprint density at radius 3 is 2.25 bits per heavy atom. The number of carbonyl (C=O) groups excluding carboxylic acids is 1. The summed E-state index contributed by atoms with van der Waals surface area (Å²) in [5.41, 5.74) is 1.90. The van der Waals surface area contributed by atoms with E-state index in [4.69, 9.17) is 4.74 Å². The van der Waals surface area contributed by atoms with Gasteiger partial charge >= 0.3 is 0 Å². The zero-order chi connectivity index (χ0) is 12.1. The first-order valence-corrected chi connectivity index (χ1v) is 5.78. The molecule has 0 N–H and O–H groups in total. The molecule has 0 saturated heterocycles. The van der Waals surface area contributed by atoms with Crippen molar-refractivity contribution in [1.29, 1.82) is 0 Å². The zero-order valence-corrected chi connectivity index (χ0v) is 10.5. The fraction of sp³-hybridized carbons (Fsp3) is 0.500. The van der Waals surface area contributed by atoms with Crippen molar-refractivity contribution in [3.8, 4) is 0 Å². The van der Waals surface area contributed by atoms with Crippen LogP contribution in [0.3, 0.4) is 0 Å². The van der Waals surface area contributed by atoms with E-state index in [2.05, 4.69) is 0 Å². The van der Waals surface area contributed by atoms with Crippen molar-refractivity contribution < 1.29 is 9.53 Å². The van der Waals surface area contributed by atoms with Crippen LogP contribution in [0, 0.1) is 12.8 Å². The molecule has 0 heterocycles. The van der Waals surface area contributed by atoms with Crippen LogP contribution in [0.25, 0.3) is 0 Å². The molecule has 0 radical (unpaired) electrons. The summed E-state index contributed by atoms with van der Waals surface area (Å²) in [5, 5.41) is 0. The van der Waals surface area contributed by atoms with Crippen molar-refractivity contribution in [3.05, 3.63) is 35.4 Å². The lowest BCUT2D eigenvalue weighted by Gasteiger charge is -2.19. The molecule has 0 amide bonds. The third-order valence-corrected chi connectivity index (χ3v) is 2.55. The minimum atomic E-state index is -0.326. The minimum Gasteiger partial charge on any atom is -0.370 e. The van der Waals surface area contributed by atoms with E-state index in [0.29, 0.717) is 6.61 Å². The van der Waals surface area contributed by atoms with E-state index in [1.54, 1.807) is 0 Å². The maximum atomic E-state index is 12.2. The fourth-order valence-electron chi connectivity index (χ4n) is 1.63. The summed E-state index contributed by atoms with van der Waals surface area (Å²) >= 11 is 0. The first-order chi connectivity index (χ1) is 7.56. The number of ketones is 1. The van der Waals surface area contributed by atoms with Gasteiger partial charge in [0.15, 0.2) is 5.78 Å². The van der Waals surface area contributed by atoms with Gasteiger partial charge in [-0.2, -0.15) is 0 Å².